The standard InChI is InChI=1S/C62H63N3O2.2ClH.Co/c1-41-37-51(56(46-25-8-4-9-26-46)47-27-10-5-11-28-47)39-53(44-21-16-17-22-44)58(41)63-43(3)62(61(66)67)36-35-50-33-20-34-55(60(50)65-62)64-59-42(2)38-52(40-54(59)45-23-18-19-24-45)57(48-29-12-6-13-30-48)49-31-14-7-15-32-49;;;/h4-15,25-32,35-40,44-45,56-57,65H,16-24,33-34H2,1-3H3,(H,66,67);2*1H;/q;;;+2/p-2. The third-order valence-electron chi connectivity index (χ3n) is 15.3. The summed E-state index contributed by atoms with van der Waals surface area (Å²) in [5, 5.41) is 15.0. The predicted octanol–water partition coefficient (Wildman–Crippen LogP) is 16.6. The van der Waals surface area contributed by atoms with E-state index in [2.05, 4.69) is 165 Å². The van der Waals surface area contributed by atoms with E-state index in [1.165, 1.54) is 70.2 Å². The van der Waals surface area contributed by atoms with Crippen molar-refractivity contribution in [3.63, 3.8) is 0 Å². The third kappa shape index (κ3) is 10.6. The van der Waals surface area contributed by atoms with Gasteiger partial charge in [0.05, 0.1) is 28.5 Å². The number of nitrogens with zero attached hydrogens (tertiary/aromatic N) is 2. The molecule has 6 aromatic rings. The van der Waals surface area contributed by atoms with Crippen molar-refractivity contribution in [3.8, 4) is 0 Å². The second-order valence-electron chi connectivity index (χ2n) is 19.7. The third-order valence-corrected chi connectivity index (χ3v) is 15.3. The van der Waals surface area contributed by atoms with Gasteiger partial charge in [-0.2, -0.15) is 0 Å². The molecule has 6 aromatic carbocycles. The Morgan fingerprint density at radius 2 is 1.03 bits per heavy atom. The van der Waals surface area contributed by atoms with E-state index in [1.54, 1.807) is 0 Å². The molecule has 70 heavy (non-hydrogen) atoms. The van der Waals surface area contributed by atoms with Crippen LogP contribution in [0.15, 0.2) is 179 Å². The van der Waals surface area contributed by atoms with E-state index in [0.717, 1.165) is 84.4 Å². The van der Waals surface area contributed by atoms with Gasteiger partial charge < -0.3 is 10.4 Å². The summed E-state index contributed by atoms with van der Waals surface area (Å²) in [5.74, 6) is -0.0246. The zero-order chi connectivity index (χ0) is 48.6. The Morgan fingerprint density at radius 1 is 0.614 bits per heavy atom. The zero-order valence-electron chi connectivity index (χ0n) is 40.4. The monoisotopic (exact) mass is 1010 g/mol. The number of nitrogens with one attached hydrogen (secondary N) is 1. The van der Waals surface area contributed by atoms with Crippen molar-refractivity contribution in [1.29, 1.82) is 0 Å². The molecule has 2 N–H and O–H groups in total. The minimum atomic E-state index is -1.54. The Morgan fingerprint density at radius 3 is 1.46 bits per heavy atom. The Hall–Kier alpha value is -5.50. The first kappa shape index (κ1) is 49.5. The van der Waals surface area contributed by atoms with Gasteiger partial charge >= 0.3 is 39.2 Å². The van der Waals surface area contributed by atoms with Crippen LogP contribution in [0, 0.1) is 13.8 Å². The fraction of sp³-hybridized carbons (Fsp3) is 0.306. The van der Waals surface area contributed by atoms with E-state index in [4.69, 9.17) is 30.3 Å². The number of benzene rings is 6. The van der Waals surface area contributed by atoms with Crippen molar-refractivity contribution in [1.82, 2.24) is 5.32 Å². The molecule has 10 rings (SSSR count). The summed E-state index contributed by atoms with van der Waals surface area (Å²) in [5.41, 5.74) is 16.2. The molecule has 1 atom stereocenters. The summed E-state index contributed by atoms with van der Waals surface area (Å²) in [4.78, 5) is 25.0. The molecular formula is C62H63Cl2CoN3O2. The maximum atomic E-state index is 13.9. The number of carboxylic acids is 1. The summed E-state index contributed by atoms with van der Waals surface area (Å²) in [6, 6.07) is 52.7. The molecule has 2 fully saturated rings. The molecule has 4 aliphatic rings. The van der Waals surface area contributed by atoms with Crippen LogP contribution >= 0.6 is 20.3 Å². The van der Waals surface area contributed by atoms with Crippen molar-refractivity contribution in [2.24, 2.45) is 9.98 Å². The molecule has 1 heterocycles. The van der Waals surface area contributed by atoms with Crippen LogP contribution in [0.3, 0.4) is 0 Å². The van der Waals surface area contributed by atoms with Crippen LogP contribution in [0.2, 0.25) is 0 Å². The van der Waals surface area contributed by atoms with Gasteiger partial charge in [0.25, 0.3) is 0 Å². The molecule has 0 aromatic heterocycles. The van der Waals surface area contributed by atoms with Gasteiger partial charge in [0.15, 0.2) is 5.54 Å². The Labute approximate surface area is 429 Å². The van der Waals surface area contributed by atoms with Crippen molar-refractivity contribution in [2.45, 2.75) is 121 Å². The molecule has 0 amide bonds. The van der Waals surface area contributed by atoms with Crippen LogP contribution < -0.4 is 5.32 Å². The summed E-state index contributed by atoms with van der Waals surface area (Å²) < 4.78 is 0. The van der Waals surface area contributed by atoms with Crippen LogP contribution in [0.25, 0.3) is 0 Å². The first-order valence-corrected chi connectivity index (χ1v) is 28.0. The quantitative estimate of drug-likeness (QED) is 0.0947. The molecule has 8 heteroatoms. The number of dihydropyridines is 1. The van der Waals surface area contributed by atoms with E-state index in [1.807, 2.05) is 19.1 Å². The molecule has 2 saturated carbocycles. The van der Waals surface area contributed by atoms with Crippen LogP contribution in [-0.2, 0) is 17.7 Å². The molecule has 5 nitrogen and oxygen atoms in total. The molecule has 361 valence electrons. The molecular weight excluding hydrogens is 949 g/mol. The predicted molar refractivity (Wildman–Crippen MR) is 288 cm³/mol. The SMILES string of the molecule is CC(=Nc1c(C)cc(C(c2ccccc2)c2ccccc2)cc1C1CCCC1)C1(C(=O)O)C=CC2=C(N1)C(=Nc1c(C)cc(C(c3ccccc3)c3ccccc3)cc1C1CCCC1)CCC2.[Cl][Co][Cl]. The first-order chi connectivity index (χ1) is 34.2. The van der Waals surface area contributed by atoms with Gasteiger partial charge in [-0.3, -0.25) is 9.98 Å². The zero-order valence-corrected chi connectivity index (χ0v) is 43.0. The van der Waals surface area contributed by atoms with Gasteiger partial charge in [-0.25, -0.2) is 4.79 Å². The normalized spacial score (nSPS) is 19.1. The van der Waals surface area contributed by atoms with Crippen LogP contribution in [0.4, 0.5) is 11.4 Å². The fourth-order valence-electron chi connectivity index (χ4n) is 11.8. The number of rotatable bonds is 12. The molecule has 0 bridgehead atoms. The molecule has 0 radical (unpaired) electrons. The topological polar surface area (TPSA) is 74.0 Å². The van der Waals surface area contributed by atoms with Gasteiger partial charge in [-0.05, 0) is 145 Å². The van der Waals surface area contributed by atoms with Crippen LogP contribution in [0.5, 0.6) is 0 Å². The fourth-order valence-corrected chi connectivity index (χ4v) is 11.8. The summed E-state index contributed by atoms with van der Waals surface area (Å²) >= 11 is 0.382. The molecule has 3 aliphatic carbocycles. The van der Waals surface area contributed by atoms with Crippen LogP contribution in [0.1, 0.15) is 157 Å². The Bertz CT molecular complexity index is 2830. The molecule has 0 spiro atoms. The number of allylic oxidation sites excluding steroid dienone is 3. The van der Waals surface area contributed by atoms with E-state index in [0.29, 0.717) is 30.4 Å². The van der Waals surface area contributed by atoms with Crippen LogP contribution in [-0.4, -0.2) is 28.0 Å². The second kappa shape index (κ2) is 22.7. The maximum absolute atomic E-state index is 13.9. The summed E-state index contributed by atoms with van der Waals surface area (Å²) in [7, 11) is 9.47. The number of hydrogen-bond acceptors (Lipinski definition) is 4. The van der Waals surface area contributed by atoms with Crippen molar-refractivity contribution in [3.05, 3.63) is 225 Å². The number of hydrogen-bond donors (Lipinski definition) is 2. The average molecular weight is 1010 g/mol. The molecule has 1 aliphatic heterocycles. The Kier molecular flexibility index (Phi) is 16.1. The Balaban J connectivity index is 0.00000198. The van der Waals surface area contributed by atoms with Crippen molar-refractivity contribution in [2.75, 3.05) is 0 Å². The second-order valence-corrected chi connectivity index (χ2v) is 21.4. The number of aryl methyl sites for hydroxylation is 2. The molecule has 1 unspecified atom stereocenters. The van der Waals surface area contributed by atoms with Gasteiger partial charge in [-0.1, -0.05) is 177 Å². The number of halogens is 2. The van der Waals surface area contributed by atoms with E-state index in [-0.39, 0.29) is 11.8 Å². The number of aliphatic carboxylic acids is 1. The first-order valence-electron chi connectivity index (χ1n) is 25.1. The van der Waals surface area contributed by atoms with Crippen molar-refractivity contribution >= 4 is 49.1 Å². The van der Waals surface area contributed by atoms with Gasteiger partial charge in [-0.15, -0.1) is 0 Å². The van der Waals surface area contributed by atoms with Gasteiger partial charge in [0.2, 0.25) is 0 Å². The summed E-state index contributed by atoms with van der Waals surface area (Å²) in [6.45, 7) is 6.27. The number of carbonyl (C=O) groups is 1. The van der Waals surface area contributed by atoms with Gasteiger partial charge in [0, 0.05) is 11.8 Å². The van der Waals surface area contributed by atoms with E-state index < -0.39 is 11.5 Å². The number of carboxylic acid groups (broad SMARTS) is 1. The summed E-state index contributed by atoms with van der Waals surface area (Å²) in [6.07, 6.45) is 15.8. The van der Waals surface area contributed by atoms with Gasteiger partial charge in [0.1, 0.15) is 0 Å². The van der Waals surface area contributed by atoms with E-state index >= 15 is 0 Å². The number of aliphatic imine (C=N–C) groups is 2. The average Bonchev–Trinajstić information content (AvgIpc) is 4.14. The minimum absolute atomic E-state index is 0.0613. The van der Waals surface area contributed by atoms with E-state index in [9.17, 15) is 9.90 Å². The van der Waals surface area contributed by atoms with Crippen molar-refractivity contribution < 1.29 is 22.8 Å². The molecule has 0 saturated heterocycles.